The molecule has 0 aliphatic carbocycles. The van der Waals surface area contributed by atoms with Gasteiger partial charge in [0, 0.05) is 60.1 Å². The lowest BCUT2D eigenvalue weighted by Crippen LogP contribution is -2.56. The largest absolute Gasteiger partial charge is 0.506 e. The van der Waals surface area contributed by atoms with E-state index in [9.17, 15) is 33.9 Å². The number of carbonyl (C=O) groups is 4. The van der Waals surface area contributed by atoms with Crippen LogP contribution < -0.4 is 26.5 Å². The fraction of sp³-hybridized carbons (Fsp3) is 0.319. The first-order valence-electron chi connectivity index (χ1n) is 20.7. The van der Waals surface area contributed by atoms with Crippen molar-refractivity contribution >= 4 is 68.9 Å². The van der Waals surface area contributed by atoms with Gasteiger partial charge >= 0.3 is 0 Å². The normalized spacial score (nSPS) is 14.7. The predicted octanol–water partition coefficient (Wildman–Crippen LogP) is 5.41. The van der Waals surface area contributed by atoms with Gasteiger partial charge in [-0.15, -0.1) is 0 Å². The van der Waals surface area contributed by atoms with Gasteiger partial charge in [0.15, 0.2) is 0 Å². The van der Waals surface area contributed by atoms with Gasteiger partial charge in [-0.1, -0.05) is 75.2 Å². The number of hydrogen-bond acceptors (Lipinski definition) is 10. The monoisotopic (exact) mass is 922 g/mol. The van der Waals surface area contributed by atoms with Crippen molar-refractivity contribution in [2.24, 2.45) is 10.8 Å². The minimum Gasteiger partial charge on any atom is -0.506 e. The average Bonchev–Trinajstić information content (AvgIpc) is 3.25. The summed E-state index contributed by atoms with van der Waals surface area (Å²) >= 11 is 11.8. The molecule has 0 atom stereocenters. The summed E-state index contributed by atoms with van der Waals surface area (Å²) in [4.78, 5) is 89.6. The number of pyridine rings is 4. The maximum atomic E-state index is 13.3. The summed E-state index contributed by atoms with van der Waals surface area (Å²) in [5.41, 5.74) is 0.955. The second-order valence-corrected chi connectivity index (χ2v) is 18.6. The second-order valence-electron chi connectivity index (χ2n) is 17.7. The summed E-state index contributed by atoms with van der Waals surface area (Å²) in [7, 11) is 1.51. The lowest BCUT2D eigenvalue weighted by Gasteiger charge is -2.45. The van der Waals surface area contributed by atoms with Crippen LogP contribution in [0.2, 0.25) is 10.0 Å². The van der Waals surface area contributed by atoms with E-state index >= 15 is 0 Å². The van der Waals surface area contributed by atoms with E-state index in [4.69, 9.17) is 27.9 Å². The lowest BCUT2D eigenvalue weighted by atomic mass is 9.84. The third-order valence-electron chi connectivity index (χ3n) is 11.0. The molecule has 0 saturated carbocycles. The van der Waals surface area contributed by atoms with Crippen LogP contribution in [-0.4, -0.2) is 90.9 Å². The first-order chi connectivity index (χ1) is 30.8. The van der Waals surface area contributed by atoms with Crippen LogP contribution in [0.15, 0.2) is 94.8 Å². The molecular formula is C47H48Cl2N8O8. The van der Waals surface area contributed by atoms with Crippen molar-refractivity contribution in [2.45, 2.75) is 53.9 Å². The summed E-state index contributed by atoms with van der Waals surface area (Å²) in [6, 6.07) is 20.0. The zero-order valence-electron chi connectivity index (χ0n) is 36.5. The summed E-state index contributed by atoms with van der Waals surface area (Å²) in [6.07, 6.45) is 2.69. The molecule has 4 amide bonds. The zero-order chi connectivity index (χ0) is 46.8. The van der Waals surface area contributed by atoms with Gasteiger partial charge in [0.1, 0.15) is 47.0 Å². The second kappa shape index (κ2) is 18.7. The van der Waals surface area contributed by atoms with Crippen LogP contribution in [0.4, 0.5) is 0 Å². The van der Waals surface area contributed by atoms with Crippen LogP contribution in [0.5, 0.6) is 11.5 Å². The van der Waals surface area contributed by atoms with Gasteiger partial charge in [0.05, 0.1) is 19.5 Å². The van der Waals surface area contributed by atoms with Crippen LogP contribution in [0.25, 0.3) is 22.1 Å². The van der Waals surface area contributed by atoms with E-state index in [2.05, 4.69) is 48.3 Å². The summed E-state index contributed by atoms with van der Waals surface area (Å²) in [6.45, 7) is 10.8. The third kappa shape index (κ3) is 10.8. The number of aromatic hydroxyl groups is 1. The number of carbonyl (C=O) groups excluding carboxylic acids is 4. The number of amides is 4. The number of ether oxygens (including phenoxy) is 1. The van der Waals surface area contributed by atoms with Crippen molar-refractivity contribution in [2.75, 3.05) is 33.3 Å². The van der Waals surface area contributed by atoms with E-state index in [0.717, 1.165) is 11.1 Å². The Morgan fingerprint density at radius 1 is 0.646 bits per heavy atom. The number of fused-ring (bicyclic) bond motifs is 2. The van der Waals surface area contributed by atoms with Crippen molar-refractivity contribution in [3.05, 3.63) is 138 Å². The summed E-state index contributed by atoms with van der Waals surface area (Å²) in [5, 5.41) is 17.4. The molecule has 2 saturated heterocycles. The van der Waals surface area contributed by atoms with Crippen LogP contribution in [-0.2, 0) is 35.8 Å². The molecule has 0 unspecified atom stereocenters. The van der Waals surface area contributed by atoms with Gasteiger partial charge in [0.2, 0.25) is 11.8 Å². The minimum absolute atomic E-state index is 0.0517. The van der Waals surface area contributed by atoms with Gasteiger partial charge in [-0.3, -0.25) is 37.9 Å². The minimum atomic E-state index is -0.613. The molecule has 6 heterocycles. The number of rotatable bonds is 11. The highest BCUT2D eigenvalue weighted by molar-refractivity contribution is 6.30. The molecule has 338 valence electrons. The number of hydrogen-bond donors (Lipinski definition) is 3. The Bertz CT molecular complexity index is 2940. The van der Waals surface area contributed by atoms with Crippen molar-refractivity contribution in [3.63, 3.8) is 0 Å². The van der Waals surface area contributed by atoms with Gasteiger partial charge in [-0.2, -0.15) is 0 Å². The van der Waals surface area contributed by atoms with E-state index in [-0.39, 0.29) is 71.3 Å². The van der Waals surface area contributed by atoms with Gasteiger partial charge in [-0.05, 0) is 70.5 Å². The van der Waals surface area contributed by atoms with E-state index in [1.54, 1.807) is 64.4 Å². The van der Waals surface area contributed by atoms with Crippen LogP contribution >= 0.6 is 23.2 Å². The first kappa shape index (κ1) is 46.2. The Hall–Kier alpha value is -6.78. The van der Waals surface area contributed by atoms with E-state index < -0.39 is 22.9 Å². The highest BCUT2D eigenvalue weighted by atomic mass is 35.5. The molecule has 4 aromatic heterocycles. The molecule has 2 aliphatic heterocycles. The predicted molar refractivity (Wildman–Crippen MR) is 246 cm³/mol. The van der Waals surface area contributed by atoms with Crippen molar-refractivity contribution < 1.29 is 29.0 Å². The molecule has 3 N–H and O–H groups in total. The maximum Gasteiger partial charge on any atom is 0.265 e. The molecule has 6 aromatic rings. The Balaban J connectivity index is 0.000000194. The quantitative estimate of drug-likeness (QED) is 0.151. The Morgan fingerprint density at radius 2 is 1.05 bits per heavy atom. The standard InChI is InChI=1S/C24H25ClN4O4.C23H23ClN4O4/c1-24(2)13-28(14-24)20(30)12-29-21-16(8-18(33-3)11-26-21)9-19(23(29)32)22(31)27-10-15-4-6-17(25)7-5-15;1-23(2)12-27(13-23)19(30)11-28-20-15(7-17(29)10-25-20)8-18(22(28)32)21(31)26-9-14-3-5-16(24)6-4-14/h4-9,11H,10,12-14H2,1-3H3,(H,27,31);3-8,10,29H,9,11-13H2,1-2H3,(H,26,31). The lowest BCUT2D eigenvalue weighted by molar-refractivity contribution is -0.142. The highest BCUT2D eigenvalue weighted by Crippen LogP contribution is 2.30. The van der Waals surface area contributed by atoms with E-state index in [0.29, 0.717) is 58.4 Å². The van der Waals surface area contributed by atoms with E-state index in [1.165, 1.54) is 46.8 Å². The number of halogens is 2. The fourth-order valence-electron chi connectivity index (χ4n) is 7.79. The molecule has 2 aliphatic rings. The zero-order valence-corrected chi connectivity index (χ0v) is 38.0. The molecule has 65 heavy (non-hydrogen) atoms. The molecule has 8 rings (SSSR count). The van der Waals surface area contributed by atoms with E-state index in [1.807, 2.05) is 0 Å². The fourth-order valence-corrected chi connectivity index (χ4v) is 8.04. The van der Waals surface area contributed by atoms with Crippen LogP contribution in [0.3, 0.4) is 0 Å². The number of nitrogens with one attached hydrogen (secondary N) is 2. The first-order valence-corrected chi connectivity index (χ1v) is 21.5. The molecule has 0 bridgehead atoms. The molecule has 2 aromatic carbocycles. The van der Waals surface area contributed by atoms with Crippen molar-refractivity contribution in [3.8, 4) is 11.5 Å². The summed E-state index contributed by atoms with van der Waals surface area (Å²) < 4.78 is 7.70. The van der Waals surface area contributed by atoms with Gasteiger partial charge < -0.3 is 30.3 Å². The Morgan fingerprint density at radius 3 is 1.45 bits per heavy atom. The molecule has 2 fully saturated rings. The van der Waals surface area contributed by atoms with Crippen LogP contribution in [0, 0.1) is 10.8 Å². The average molecular weight is 924 g/mol. The highest BCUT2D eigenvalue weighted by Gasteiger charge is 2.38. The topological polar surface area (TPSA) is 198 Å². The molecule has 0 radical (unpaired) electrons. The Labute approximate surface area is 383 Å². The third-order valence-corrected chi connectivity index (χ3v) is 11.5. The summed E-state index contributed by atoms with van der Waals surface area (Å²) in [5.74, 6) is -1.15. The molecule has 0 spiro atoms. The number of methoxy groups -OCH3 is 1. The smallest absolute Gasteiger partial charge is 0.265 e. The SMILES string of the molecule is CC1(C)CN(C(=O)Cn2c(=O)c(C(=O)NCc3ccc(Cl)cc3)cc3cc(O)cnc32)C1.COc1cnc2c(c1)cc(C(=O)NCc1ccc(Cl)cc1)c(=O)n2CC(=O)N1CC(C)(C)C1. The number of likely N-dealkylation sites (tertiary alicyclic amines) is 2. The van der Waals surface area contributed by atoms with Crippen molar-refractivity contribution in [1.82, 2.24) is 39.5 Å². The number of benzene rings is 2. The number of aromatic nitrogens is 4. The maximum absolute atomic E-state index is 13.3. The van der Waals surface area contributed by atoms with Crippen LogP contribution in [0.1, 0.15) is 59.5 Å². The molecular weight excluding hydrogens is 875 g/mol. The Kier molecular flexibility index (Phi) is 13.3. The van der Waals surface area contributed by atoms with Crippen molar-refractivity contribution in [1.29, 1.82) is 0 Å². The molecule has 16 nitrogen and oxygen atoms in total. The molecule has 18 heteroatoms. The van der Waals surface area contributed by atoms with Gasteiger partial charge in [0.25, 0.3) is 22.9 Å². The van der Waals surface area contributed by atoms with Gasteiger partial charge in [-0.25, -0.2) is 9.97 Å². The number of nitrogens with zero attached hydrogens (tertiary/aromatic N) is 6.